The molecule has 0 radical (unpaired) electrons. The van der Waals surface area contributed by atoms with E-state index in [1.807, 2.05) is 60.0 Å². The zero-order valence-electron chi connectivity index (χ0n) is 20.1. The molecule has 1 aromatic carbocycles. The Labute approximate surface area is 200 Å². The Morgan fingerprint density at radius 3 is 2.47 bits per heavy atom. The van der Waals surface area contributed by atoms with E-state index in [0.717, 1.165) is 51.9 Å². The summed E-state index contributed by atoms with van der Waals surface area (Å²) in [6, 6.07) is 11.7. The number of fused-ring (bicyclic) bond motifs is 2. The van der Waals surface area contributed by atoms with Crippen LogP contribution < -0.4 is 0 Å². The molecule has 0 saturated carbocycles. The van der Waals surface area contributed by atoms with Crippen molar-refractivity contribution < 1.29 is 14.0 Å². The van der Waals surface area contributed by atoms with Crippen molar-refractivity contribution in [1.29, 1.82) is 0 Å². The van der Waals surface area contributed by atoms with Crippen molar-refractivity contribution in [2.45, 2.75) is 33.6 Å². The van der Waals surface area contributed by atoms with Crippen molar-refractivity contribution in [2.24, 2.45) is 11.8 Å². The number of nitrogens with zero attached hydrogens (tertiary/aromatic N) is 3. The molecule has 34 heavy (non-hydrogen) atoms. The standard InChI is InChI=1S/C28H31N3O3/c1-18(2)27(32)30-10-12-31(13-11-30)28(33)25-22-8-4-5-9-24(22)29-26-20(15-19(3)16-23(25)26)17-21-7-6-14-34-21/h4-9,14,17-19H,10-13,15-16H2,1-3H3/b20-17+. The van der Waals surface area contributed by atoms with E-state index in [9.17, 15) is 9.59 Å². The van der Waals surface area contributed by atoms with Gasteiger partial charge in [0, 0.05) is 37.5 Å². The molecule has 2 amide bonds. The Kier molecular flexibility index (Phi) is 5.98. The summed E-state index contributed by atoms with van der Waals surface area (Å²) in [6.07, 6.45) is 5.44. The first kappa shape index (κ1) is 22.4. The van der Waals surface area contributed by atoms with Gasteiger partial charge in [-0.25, -0.2) is 4.98 Å². The maximum atomic E-state index is 14.0. The maximum Gasteiger partial charge on any atom is 0.255 e. The molecule has 3 heterocycles. The third kappa shape index (κ3) is 4.13. The zero-order valence-corrected chi connectivity index (χ0v) is 20.1. The van der Waals surface area contributed by atoms with Gasteiger partial charge in [-0.05, 0) is 54.2 Å². The average Bonchev–Trinajstić information content (AvgIpc) is 3.35. The number of rotatable bonds is 3. The lowest BCUT2D eigenvalue weighted by Crippen LogP contribution is -2.51. The number of carbonyl (C=O) groups excluding carboxylic acids is 2. The molecular weight excluding hydrogens is 426 g/mol. The molecule has 0 spiro atoms. The first-order chi connectivity index (χ1) is 16.4. The highest BCUT2D eigenvalue weighted by Gasteiger charge is 2.32. The summed E-state index contributed by atoms with van der Waals surface area (Å²) in [4.78, 5) is 35.2. The van der Waals surface area contributed by atoms with E-state index < -0.39 is 0 Å². The van der Waals surface area contributed by atoms with Crippen LogP contribution in [0.1, 0.15) is 54.6 Å². The Bertz CT molecular complexity index is 1250. The predicted molar refractivity (Wildman–Crippen MR) is 133 cm³/mol. The van der Waals surface area contributed by atoms with Gasteiger partial charge in [0.15, 0.2) is 0 Å². The maximum absolute atomic E-state index is 14.0. The minimum atomic E-state index is -0.0285. The predicted octanol–water partition coefficient (Wildman–Crippen LogP) is 4.89. The molecular formula is C28H31N3O3. The molecule has 1 fully saturated rings. The number of hydrogen-bond donors (Lipinski definition) is 0. The molecule has 176 valence electrons. The Hall–Kier alpha value is -3.41. The summed E-state index contributed by atoms with van der Waals surface area (Å²) in [5.41, 5.74) is 4.64. The van der Waals surface area contributed by atoms with E-state index in [1.165, 1.54) is 0 Å². The van der Waals surface area contributed by atoms with Crippen molar-refractivity contribution in [1.82, 2.24) is 14.8 Å². The second-order valence-electron chi connectivity index (χ2n) is 9.80. The molecule has 1 atom stereocenters. The smallest absolute Gasteiger partial charge is 0.255 e. The van der Waals surface area contributed by atoms with Crippen LogP contribution in [0.2, 0.25) is 0 Å². The highest BCUT2D eigenvalue weighted by atomic mass is 16.3. The van der Waals surface area contributed by atoms with Crippen LogP contribution in [0.4, 0.5) is 0 Å². The van der Waals surface area contributed by atoms with Crippen molar-refractivity contribution in [3.8, 4) is 0 Å². The Balaban J connectivity index is 1.56. The minimum absolute atomic E-state index is 0.0285. The van der Waals surface area contributed by atoms with E-state index in [-0.39, 0.29) is 17.7 Å². The number of para-hydroxylation sites is 1. The van der Waals surface area contributed by atoms with Crippen LogP contribution in [0.3, 0.4) is 0 Å². The highest BCUT2D eigenvalue weighted by molar-refractivity contribution is 6.09. The first-order valence-electron chi connectivity index (χ1n) is 12.2. The lowest BCUT2D eigenvalue weighted by atomic mass is 9.80. The molecule has 1 aliphatic heterocycles. The summed E-state index contributed by atoms with van der Waals surface area (Å²) in [5, 5.41) is 0.901. The number of furan rings is 1. The van der Waals surface area contributed by atoms with Crippen molar-refractivity contribution >= 4 is 34.4 Å². The summed E-state index contributed by atoms with van der Waals surface area (Å²) in [6.45, 7) is 8.32. The molecule has 1 aliphatic carbocycles. The molecule has 1 saturated heterocycles. The SMILES string of the molecule is CC1C/C(=C\c2ccco2)c2nc3ccccc3c(C(=O)N3CCN(C(=O)C(C)C)CC3)c2C1. The molecule has 5 rings (SSSR count). The monoisotopic (exact) mass is 457 g/mol. The fourth-order valence-corrected chi connectivity index (χ4v) is 5.18. The molecule has 2 aromatic heterocycles. The zero-order chi connectivity index (χ0) is 23.8. The second-order valence-corrected chi connectivity index (χ2v) is 9.80. The average molecular weight is 458 g/mol. The molecule has 0 bridgehead atoms. The van der Waals surface area contributed by atoms with Crippen LogP contribution in [-0.4, -0.2) is 52.8 Å². The van der Waals surface area contributed by atoms with Crippen molar-refractivity contribution in [3.05, 3.63) is 65.2 Å². The Morgan fingerprint density at radius 2 is 1.76 bits per heavy atom. The van der Waals surface area contributed by atoms with Crippen LogP contribution in [0.15, 0.2) is 47.1 Å². The third-order valence-corrected chi connectivity index (χ3v) is 6.86. The van der Waals surface area contributed by atoms with Gasteiger partial charge in [0.2, 0.25) is 5.91 Å². The summed E-state index contributed by atoms with van der Waals surface area (Å²) in [5.74, 6) is 1.35. The normalized spacial score (nSPS) is 19.6. The van der Waals surface area contributed by atoms with Crippen LogP contribution in [0.5, 0.6) is 0 Å². The fraction of sp³-hybridized carbons (Fsp3) is 0.393. The quantitative estimate of drug-likeness (QED) is 0.562. The van der Waals surface area contributed by atoms with Gasteiger partial charge < -0.3 is 14.2 Å². The van der Waals surface area contributed by atoms with Crippen LogP contribution in [-0.2, 0) is 11.2 Å². The van der Waals surface area contributed by atoms with Gasteiger partial charge >= 0.3 is 0 Å². The number of aromatic nitrogens is 1. The van der Waals surface area contributed by atoms with E-state index in [1.54, 1.807) is 6.26 Å². The highest BCUT2D eigenvalue weighted by Crippen LogP contribution is 2.39. The lowest BCUT2D eigenvalue weighted by molar-refractivity contribution is -0.135. The van der Waals surface area contributed by atoms with E-state index in [2.05, 4.69) is 13.0 Å². The topological polar surface area (TPSA) is 66.7 Å². The van der Waals surface area contributed by atoms with Crippen LogP contribution >= 0.6 is 0 Å². The van der Waals surface area contributed by atoms with Crippen LogP contribution in [0, 0.1) is 11.8 Å². The van der Waals surface area contributed by atoms with Gasteiger partial charge in [0.05, 0.1) is 23.0 Å². The van der Waals surface area contributed by atoms with E-state index in [4.69, 9.17) is 9.40 Å². The van der Waals surface area contributed by atoms with Gasteiger partial charge in [-0.1, -0.05) is 39.0 Å². The number of hydrogen-bond acceptors (Lipinski definition) is 4. The van der Waals surface area contributed by atoms with Gasteiger partial charge in [-0.15, -0.1) is 0 Å². The molecule has 6 nitrogen and oxygen atoms in total. The summed E-state index contributed by atoms with van der Waals surface area (Å²) in [7, 11) is 0. The molecule has 1 unspecified atom stereocenters. The molecule has 0 N–H and O–H groups in total. The lowest BCUT2D eigenvalue weighted by Gasteiger charge is -2.36. The first-order valence-corrected chi connectivity index (χ1v) is 12.2. The molecule has 3 aromatic rings. The number of carbonyl (C=O) groups is 2. The number of amides is 2. The summed E-state index contributed by atoms with van der Waals surface area (Å²) >= 11 is 0. The van der Waals surface area contributed by atoms with E-state index >= 15 is 0 Å². The van der Waals surface area contributed by atoms with Crippen LogP contribution in [0.25, 0.3) is 22.6 Å². The fourth-order valence-electron chi connectivity index (χ4n) is 5.18. The molecule has 6 heteroatoms. The van der Waals surface area contributed by atoms with Gasteiger partial charge in [0.1, 0.15) is 5.76 Å². The van der Waals surface area contributed by atoms with Gasteiger partial charge in [-0.2, -0.15) is 0 Å². The number of piperazine rings is 1. The number of benzene rings is 1. The largest absolute Gasteiger partial charge is 0.465 e. The van der Waals surface area contributed by atoms with E-state index in [0.29, 0.717) is 32.1 Å². The second kappa shape index (κ2) is 9.09. The Morgan fingerprint density at radius 1 is 1.03 bits per heavy atom. The van der Waals surface area contributed by atoms with Gasteiger partial charge in [-0.3, -0.25) is 9.59 Å². The number of pyridine rings is 1. The minimum Gasteiger partial charge on any atom is -0.465 e. The molecule has 2 aliphatic rings. The number of allylic oxidation sites excluding steroid dienone is 1. The third-order valence-electron chi connectivity index (χ3n) is 6.86. The summed E-state index contributed by atoms with van der Waals surface area (Å²) < 4.78 is 5.58. The van der Waals surface area contributed by atoms with Gasteiger partial charge in [0.25, 0.3) is 5.91 Å². The van der Waals surface area contributed by atoms with Crippen molar-refractivity contribution in [3.63, 3.8) is 0 Å². The van der Waals surface area contributed by atoms with Crippen molar-refractivity contribution in [2.75, 3.05) is 26.2 Å².